The van der Waals surface area contributed by atoms with Crippen molar-refractivity contribution in [2.75, 3.05) is 26.1 Å². The topological polar surface area (TPSA) is 99.4 Å². The second kappa shape index (κ2) is 5.74. The van der Waals surface area contributed by atoms with Gasteiger partial charge in [0, 0.05) is 13.0 Å². The van der Waals surface area contributed by atoms with Crippen molar-refractivity contribution in [3.8, 4) is 11.8 Å². The quantitative estimate of drug-likeness (QED) is 0.695. The third kappa shape index (κ3) is 3.60. The van der Waals surface area contributed by atoms with Crippen LogP contribution in [0.2, 0.25) is 0 Å². The maximum Gasteiger partial charge on any atom is 0.229 e. The molecule has 1 heterocycles. The lowest BCUT2D eigenvalue weighted by molar-refractivity contribution is -0.117. The number of aromatic nitrogens is 2. The van der Waals surface area contributed by atoms with Gasteiger partial charge in [-0.25, -0.2) is 0 Å². The molecule has 0 aliphatic rings. The Hall–Kier alpha value is -2.05. The Morgan fingerprint density at radius 3 is 2.38 bits per heavy atom. The van der Waals surface area contributed by atoms with Crippen LogP contribution in [0.3, 0.4) is 0 Å². The lowest BCUT2D eigenvalue weighted by atomic mass is 10.4. The predicted octanol–water partition coefficient (Wildman–Crippen LogP) is -0.219. The van der Waals surface area contributed by atoms with Crippen LogP contribution in [0.15, 0.2) is 6.07 Å². The molecule has 7 nitrogen and oxygen atoms in total. The monoisotopic (exact) mass is 226 g/mol. The zero-order valence-corrected chi connectivity index (χ0v) is 9.19. The summed E-state index contributed by atoms with van der Waals surface area (Å²) in [5, 5.41) is 2.84. The van der Waals surface area contributed by atoms with E-state index in [4.69, 9.17) is 15.2 Å². The Morgan fingerprint density at radius 1 is 1.38 bits per heavy atom. The molecule has 1 amide bonds. The van der Waals surface area contributed by atoms with E-state index in [1.165, 1.54) is 14.2 Å². The van der Waals surface area contributed by atoms with Crippen molar-refractivity contribution in [1.29, 1.82) is 0 Å². The molecule has 0 aliphatic carbocycles. The molecule has 7 heteroatoms. The fourth-order valence-electron chi connectivity index (χ4n) is 0.990. The highest BCUT2D eigenvalue weighted by Gasteiger charge is 2.04. The van der Waals surface area contributed by atoms with Gasteiger partial charge in [0.2, 0.25) is 23.6 Å². The molecule has 0 spiro atoms. The minimum atomic E-state index is -0.387. The van der Waals surface area contributed by atoms with Crippen LogP contribution in [-0.4, -0.2) is 36.6 Å². The van der Waals surface area contributed by atoms with Crippen molar-refractivity contribution in [3.63, 3.8) is 0 Å². The fraction of sp³-hybridized carbons (Fsp3) is 0.444. The lowest BCUT2D eigenvalue weighted by Gasteiger charge is -2.07. The van der Waals surface area contributed by atoms with Crippen LogP contribution < -0.4 is 20.5 Å². The molecule has 0 aliphatic heterocycles. The molecular weight excluding hydrogens is 212 g/mol. The highest BCUT2D eigenvalue weighted by molar-refractivity contribution is 5.74. The smallest absolute Gasteiger partial charge is 0.229 e. The molecule has 0 unspecified atom stereocenters. The average molecular weight is 226 g/mol. The van der Waals surface area contributed by atoms with Gasteiger partial charge in [0.1, 0.15) is 0 Å². The average Bonchev–Trinajstić information content (AvgIpc) is 2.28. The van der Waals surface area contributed by atoms with Gasteiger partial charge in [0.05, 0.1) is 20.3 Å². The Labute approximate surface area is 93.0 Å². The number of carbonyl (C=O) groups excluding carboxylic acids is 1. The number of primary amides is 1. The Bertz CT molecular complexity index is 348. The molecule has 1 aromatic rings. The van der Waals surface area contributed by atoms with Gasteiger partial charge < -0.3 is 20.5 Å². The minimum absolute atomic E-state index is 0.211. The number of hydrogen-bond acceptors (Lipinski definition) is 6. The van der Waals surface area contributed by atoms with Crippen LogP contribution in [-0.2, 0) is 4.79 Å². The number of amides is 1. The van der Waals surface area contributed by atoms with Gasteiger partial charge in [0.25, 0.3) is 0 Å². The molecule has 1 aromatic heterocycles. The molecule has 0 saturated heterocycles. The number of anilines is 1. The molecule has 0 saturated carbocycles. The van der Waals surface area contributed by atoms with E-state index in [0.717, 1.165) is 0 Å². The number of ether oxygens (including phenoxy) is 2. The predicted molar refractivity (Wildman–Crippen MR) is 57.4 cm³/mol. The van der Waals surface area contributed by atoms with Gasteiger partial charge in [-0.15, -0.1) is 0 Å². The van der Waals surface area contributed by atoms with Crippen molar-refractivity contribution < 1.29 is 14.3 Å². The molecule has 0 radical (unpaired) electrons. The first kappa shape index (κ1) is 12.0. The molecule has 88 valence electrons. The first-order valence-electron chi connectivity index (χ1n) is 4.65. The number of methoxy groups -OCH3 is 2. The first-order chi connectivity index (χ1) is 7.65. The number of nitrogens with one attached hydrogen (secondary N) is 1. The largest absolute Gasteiger partial charge is 0.481 e. The standard InChI is InChI=1S/C9H14N4O3/c1-15-7-5-8(16-2)13-9(12-7)11-4-3-6(10)14/h5H,3-4H2,1-2H3,(H2,10,14)(H,11,12,13). The van der Waals surface area contributed by atoms with Gasteiger partial charge in [-0.1, -0.05) is 0 Å². The maximum atomic E-state index is 10.5. The summed E-state index contributed by atoms with van der Waals surface area (Å²) in [6.07, 6.45) is 0.211. The van der Waals surface area contributed by atoms with Gasteiger partial charge in [-0.2, -0.15) is 9.97 Å². The van der Waals surface area contributed by atoms with Gasteiger partial charge in [0.15, 0.2) is 0 Å². The molecule has 1 rings (SSSR count). The second-order valence-electron chi connectivity index (χ2n) is 2.92. The van der Waals surface area contributed by atoms with Crippen LogP contribution in [0.1, 0.15) is 6.42 Å². The molecule has 0 fully saturated rings. The van der Waals surface area contributed by atoms with E-state index in [9.17, 15) is 4.79 Å². The van der Waals surface area contributed by atoms with Crippen LogP contribution in [0.4, 0.5) is 5.95 Å². The molecule has 0 bridgehead atoms. The van der Waals surface area contributed by atoms with E-state index in [-0.39, 0.29) is 12.3 Å². The Morgan fingerprint density at radius 2 is 1.94 bits per heavy atom. The van der Waals surface area contributed by atoms with Crippen LogP contribution in [0, 0.1) is 0 Å². The summed E-state index contributed by atoms with van der Waals surface area (Å²) in [6, 6.07) is 1.55. The number of nitrogens with zero attached hydrogens (tertiary/aromatic N) is 2. The molecule has 0 aromatic carbocycles. The third-order valence-electron chi connectivity index (χ3n) is 1.75. The summed E-state index contributed by atoms with van der Waals surface area (Å²) in [6.45, 7) is 0.367. The summed E-state index contributed by atoms with van der Waals surface area (Å²) < 4.78 is 9.92. The molecule has 3 N–H and O–H groups in total. The minimum Gasteiger partial charge on any atom is -0.481 e. The molecule has 0 atom stereocenters. The summed E-state index contributed by atoms with van der Waals surface area (Å²) >= 11 is 0. The van der Waals surface area contributed by atoms with Crippen LogP contribution in [0.25, 0.3) is 0 Å². The first-order valence-corrected chi connectivity index (χ1v) is 4.65. The zero-order chi connectivity index (χ0) is 12.0. The van der Waals surface area contributed by atoms with E-state index in [2.05, 4.69) is 15.3 Å². The number of nitrogens with two attached hydrogens (primary N) is 1. The fourth-order valence-corrected chi connectivity index (χ4v) is 0.990. The van der Waals surface area contributed by atoms with E-state index in [1.54, 1.807) is 6.07 Å². The third-order valence-corrected chi connectivity index (χ3v) is 1.75. The number of rotatable bonds is 6. The highest BCUT2D eigenvalue weighted by Crippen LogP contribution is 2.16. The van der Waals surface area contributed by atoms with E-state index < -0.39 is 0 Å². The van der Waals surface area contributed by atoms with Crippen molar-refractivity contribution >= 4 is 11.9 Å². The zero-order valence-electron chi connectivity index (χ0n) is 9.19. The summed E-state index contributed by atoms with van der Waals surface area (Å²) in [5.74, 6) is 0.710. The number of carbonyl (C=O) groups is 1. The summed E-state index contributed by atoms with van der Waals surface area (Å²) in [4.78, 5) is 18.6. The Balaban J connectivity index is 2.67. The molecule has 16 heavy (non-hydrogen) atoms. The normalized spacial score (nSPS) is 9.62. The Kier molecular flexibility index (Phi) is 4.31. The maximum absolute atomic E-state index is 10.5. The van der Waals surface area contributed by atoms with Crippen molar-refractivity contribution in [2.24, 2.45) is 5.73 Å². The van der Waals surface area contributed by atoms with E-state index >= 15 is 0 Å². The summed E-state index contributed by atoms with van der Waals surface area (Å²) in [5.41, 5.74) is 5.00. The number of hydrogen-bond donors (Lipinski definition) is 2. The molecular formula is C9H14N4O3. The van der Waals surface area contributed by atoms with Gasteiger partial charge in [-0.3, -0.25) is 4.79 Å². The SMILES string of the molecule is COc1cc(OC)nc(NCCC(N)=O)n1. The lowest BCUT2D eigenvalue weighted by Crippen LogP contribution is -2.16. The van der Waals surface area contributed by atoms with Crippen LogP contribution >= 0.6 is 0 Å². The van der Waals surface area contributed by atoms with Crippen LogP contribution in [0.5, 0.6) is 11.8 Å². The van der Waals surface area contributed by atoms with E-state index in [1.807, 2.05) is 0 Å². The van der Waals surface area contributed by atoms with Crippen molar-refractivity contribution in [2.45, 2.75) is 6.42 Å². The summed E-state index contributed by atoms with van der Waals surface area (Å²) in [7, 11) is 2.99. The van der Waals surface area contributed by atoms with E-state index in [0.29, 0.717) is 24.3 Å². The highest BCUT2D eigenvalue weighted by atomic mass is 16.5. The second-order valence-corrected chi connectivity index (χ2v) is 2.92. The van der Waals surface area contributed by atoms with Gasteiger partial charge in [-0.05, 0) is 0 Å². The van der Waals surface area contributed by atoms with Crippen molar-refractivity contribution in [3.05, 3.63) is 6.07 Å². The van der Waals surface area contributed by atoms with Crippen molar-refractivity contribution in [1.82, 2.24) is 9.97 Å². The van der Waals surface area contributed by atoms with Gasteiger partial charge >= 0.3 is 0 Å².